The summed E-state index contributed by atoms with van der Waals surface area (Å²) in [7, 11) is 0. The van der Waals surface area contributed by atoms with Crippen LogP contribution in [0, 0.1) is 0 Å². The number of halogens is 2. The maximum Gasteiger partial charge on any atom is 0.198 e. The molecule has 0 bridgehead atoms. The molecule has 1 heterocycles. The van der Waals surface area contributed by atoms with E-state index in [1.54, 1.807) is 24.3 Å². The van der Waals surface area contributed by atoms with Crippen molar-refractivity contribution in [3.8, 4) is 5.75 Å². The van der Waals surface area contributed by atoms with Gasteiger partial charge in [0, 0.05) is 0 Å². The van der Waals surface area contributed by atoms with E-state index in [4.69, 9.17) is 32.7 Å². The van der Waals surface area contributed by atoms with Gasteiger partial charge in [-0.25, -0.2) is 0 Å². The molecule has 0 N–H and O–H groups in total. The minimum absolute atomic E-state index is 0.102. The highest BCUT2D eigenvalue weighted by Crippen LogP contribution is 2.43. The van der Waals surface area contributed by atoms with Crippen molar-refractivity contribution < 1.29 is 14.3 Å². The number of hydrogen-bond acceptors (Lipinski definition) is 3. The average Bonchev–Trinajstić information content (AvgIpc) is 3.50. The van der Waals surface area contributed by atoms with Crippen LogP contribution >= 0.6 is 23.2 Å². The molecule has 0 unspecified atom stereocenters. The molecule has 27 heavy (non-hydrogen) atoms. The molecule has 1 saturated heterocycles. The standard InChI is InChI=1S/C22H16Cl2O3/c23-17-11-10-15(12-18(17)24)21-22(27-21)20(25)16-8-4-5-9-19(16)26-13-14-6-2-1-3-7-14/h1-12,21-22H,13H2/t21-,22+/m0/s1. The predicted molar refractivity (Wildman–Crippen MR) is 106 cm³/mol. The van der Waals surface area contributed by atoms with Gasteiger partial charge in [0.05, 0.1) is 15.6 Å². The Morgan fingerprint density at radius 3 is 2.44 bits per heavy atom. The van der Waals surface area contributed by atoms with Crippen LogP contribution in [-0.4, -0.2) is 11.9 Å². The lowest BCUT2D eigenvalue weighted by atomic mass is 10.0. The van der Waals surface area contributed by atoms with Gasteiger partial charge in [-0.05, 0) is 35.4 Å². The zero-order valence-corrected chi connectivity index (χ0v) is 15.8. The Kier molecular flexibility index (Phi) is 5.17. The van der Waals surface area contributed by atoms with Crippen LogP contribution in [0.5, 0.6) is 5.75 Å². The Balaban J connectivity index is 1.49. The zero-order chi connectivity index (χ0) is 18.8. The quantitative estimate of drug-likeness (QED) is 0.383. The molecule has 2 atom stereocenters. The summed E-state index contributed by atoms with van der Waals surface area (Å²) in [5, 5.41) is 0.922. The largest absolute Gasteiger partial charge is 0.488 e. The maximum atomic E-state index is 12.9. The number of ether oxygens (including phenoxy) is 2. The number of ketones is 1. The van der Waals surface area contributed by atoms with E-state index in [1.165, 1.54) is 0 Å². The molecule has 3 aromatic carbocycles. The minimum Gasteiger partial charge on any atom is -0.488 e. The summed E-state index contributed by atoms with van der Waals surface area (Å²) in [6.07, 6.45) is -0.849. The Bertz CT molecular complexity index is 972. The van der Waals surface area contributed by atoms with Gasteiger partial charge in [0.2, 0.25) is 0 Å². The number of benzene rings is 3. The van der Waals surface area contributed by atoms with Gasteiger partial charge in [-0.2, -0.15) is 0 Å². The highest BCUT2D eigenvalue weighted by atomic mass is 35.5. The fourth-order valence-corrected chi connectivity index (χ4v) is 3.25. The van der Waals surface area contributed by atoms with Crippen molar-refractivity contribution in [1.29, 1.82) is 0 Å². The lowest BCUT2D eigenvalue weighted by molar-refractivity contribution is 0.0949. The van der Waals surface area contributed by atoms with E-state index in [2.05, 4.69) is 0 Å². The number of rotatable bonds is 6. The SMILES string of the molecule is O=C(c1ccccc1OCc1ccccc1)[C@H]1O[C@H]1c1ccc(Cl)c(Cl)c1. The van der Waals surface area contributed by atoms with Crippen molar-refractivity contribution >= 4 is 29.0 Å². The first-order chi connectivity index (χ1) is 13.1. The van der Waals surface area contributed by atoms with E-state index >= 15 is 0 Å². The number of epoxide rings is 1. The molecule has 1 aliphatic rings. The van der Waals surface area contributed by atoms with Crippen molar-refractivity contribution in [2.45, 2.75) is 18.8 Å². The number of Topliss-reactive ketones (excluding diaryl/α,β-unsaturated/α-hetero) is 1. The van der Waals surface area contributed by atoms with Crippen molar-refractivity contribution in [3.05, 3.63) is 99.5 Å². The Labute approximate surface area is 167 Å². The Morgan fingerprint density at radius 1 is 0.926 bits per heavy atom. The van der Waals surface area contributed by atoms with Crippen LogP contribution in [0.3, 0.4) is 0 Å². The molecule has 0 amide bonds. The number of carbonyl (C=O) groups is 1. The van der Waals surface area contributed by atoms with Crippen LogP contribution in [0.25, 0.3) is 0 Å². The second-order valence-electron chi connectivity index (χ2n) is 6.29. The second-order valence-corrected chi connectivity index (χ2v) is 7.10. The van der Waals surface area contributed by atoms with Gasteiger partial charge >= 0.3 is 0 Å². The summed E-state index contributed by atoms with van der Waals surface area (Å²) in [5.74, 6) is 0.449. The normalized spacial score (nSPS) is 18.1. The first-order valence-electron chi connectivity index (χ1n) is 8.54. The molecule has 0 aromatic heterocycles. The maximum absolute atomic E-state index is 12.9. The molecule has 0 spiro atoms. The number of para-hydroxylation sites is 1. The number of carbonyl (C=O) groups excluding carboxylic acids is 1. The fourth-order valence-electron chi connectivity index (χ4n) is 2.94. The van der Waals surface area contributed by atoms with E-state index in [0.717, 1.165) is 11.1 Å². The summed E-state index contributed by atoms with van der Waals surface area (Å²) in [6, 6.07) is 22.3. The second kappa shape index (κ2) is 7.73. The summed E-state index contributed by atoms with van der Waals surface area (Å²) >= 11 is 12.0. The van der Waals surface area contributed by atoms with Gasteiger partial charge in [0.25, 0.3) is 0 Å². The van der Waals surface area contributed by atoms with Gasteiger partial charge in [-0.15, -0.1) is 0 Å². The topological polar surface area (TPSA) is 38.8 Å². The predicted octanol–water partition coefficient (Wildman–Crippen LogP) is 5.90. The van der Waals surface area contributed by atoms with Gasteiger partial charge in [-0.1, -0.05) is 71.7 Å². The molecule has 0 saturated carbocycles. The van der Waals surface area contributed by atoms with E-state index in [9.17, 15) is 4.79 Å². The van der Waals surface area contributed by atoms with E-state index in [-0.39, 0.29) is 11.9 Å². The lowest BCUT2D eigenvalue weighted by Gasteiger charge is -2.10. The van der Waals surface area contributed by atoms with Crippen LogP contribution in [0.2, 0.25) is 10.0 Å². The first kappa shape index (κ1) is 18.1. The monoisotopic (exact) mass is 398 g/mol. The van der Waals surface area contributed by atoms with Gasteiger partial charge < -0.3 is 9.47 Å². The molecule has 5 heteroatoms. The minimum atomic E-state index is -0.538. The number of hydrogen-bond donors (Lipinski definition) is 0. The van der Waals surface area contributed by atoms with Crippen molar-refractivity contribution in [2.75, 3.05) is 0 Å². The van der Waals surface area contributed by atoms with Crippen LogP contribution in [0.15, 0.2) is 72.8 Å². The van der Waals surface area contributed by atoms with Crippen LogP contribution in [-0.2, 0) is 11.3 Å². The Hall–Kier alpha value is -2.33. The third kappa shape index (κ3) is 4.01. The van der Waals surface area contributed by atoms with Gasteiger partial charge in [0.15, 0.2) is 11.9 Å². The fraction of sp³-hybridized carbons (Fsp3) is 0.136. The van der Waals surface area contributed by atoms with Crippen LogP contribution in [0.4, 0.5) is 0 Å². The molecule has 3 nitrogen and oxygen atoms in total. The molecule has 0 radical (unpaired) electrons. The summed E-state index contributed by atoms with van der Waals surface area (Å²) in [4.78, 5) is 12.9. The summed E-state index contributed by atoms with van der Waals surface area (Å²) in [5.41, 5.74) is 2.39. The summed E-state index contributed by atoms with van der Waals surface area (Å²) in [6.45, 7) is 0.396. The molecule has 3 aromatic rings. The van der Waals surface area contributed by atoms with Crippen molar-refractivity contribution in [2.24, 2.45) is 0 Å². The zero-order valence-electron chi connectivity index (χ0n) is 14.3. The Morgan fingerprint density at radius 2 is 1.67 bits per heavy atom. The third-order valence-corrected chi connectivity index (χ3v) is 5.15. The van der Waals surface area contributed by atoms with Crippen molar-refractivity contribution in [1.82, 2.24) is 0 Å². The van der Waals surface area contributed by atoms with E-state index in [0.29, 0.717) is 28.0 Å². The molecular formula is C22H16Cl2O3. The first-order valence-corrected chi connectivity index (χ1v) is 9.29. The molecule has 4 rings (SSSR count). The molecule has 1 aliphatic heterocycles. The third-order valence-electron chi connectivity index (χ3n) is 4.41. The smallest absolute Gasteiger partial charge is 0.198 e. The average molecular weight is 399 g/mol. The van der Waals surface area contributed by atoms with E-state index in [1.807, 2.05) is 48.5 Å². The summed E-state index contributed by atoms with van der Waals surface area (Å²) < 4.78 is 11.5. The molecule has 136 valence electrons. The molecular weight excluding hydrogens is 383 g/mol. The molecule has 1 fully saturated rings. The van der Waals surface area contributed by atoms with Crippen LogP contribution in [0.1, 0.15) is 27.6 Å². The van der Waals surface area contributed by atoms with Gasteiger partial charge in [-0.3, -0.25) is 4.79 Å². The highest BCUT2D eigenvalue weighted by Gasteiger charge is 2.47. The van der Waals surface area contributed by atoms with Crippen molar-refractivity contribution in [3.63, 3.8) is 0 Å². The molecule has 0 aliphatic carbocycles. The lowest BCUT2D eigenvalue weighted by Crippen LogP contribution is -2.10. The van der Waals surface area contributed by atoms with Gasteiger partial charge in [0.1, 0.15) is 18.5 Å². The highest BCUT2D eigenvalue weighted by molar-refractivity contribution is 6.42. The van der Waals surface area contributed by atoms with Crippen LogP contribution < -0.4 is 4.74 Å². The van der Waals surface area contributed by atoms with E-state index < -0.39 is 6.10 Å².